The summed E-state index contributed by atoms with van der Waals surface area (Å²) in [5.41, 5.74) is 1.94. The molecule has 0 aliphatic carbocycles. The monoisotopic (exact) mass is 354 g/mol. The van der Waals surface area contributed by atoms with Crippen molar-refractivity contribution < 1.29 is 4.79 Å². The van der Waals surface area contributed by atoms with E-state index in [0.717, 1.165) is 42.8 Å². The second-order valence-electron chi connectivity index (χ2n) is 6.36. The smallest absolute Gasteiger partial charge is 0.223 e. The van der Waals surface area contributed by atoms with E-state index in [-0.39, 0.29) is 11.9 Å². The number of amides is 1. The van der Waals surface area contributed by atoms with Crippen LogP contribution < -0.4 is 0 Å². The second-order valence-corrected chi connectivity index (χ2v) is 6.80. The number of fused-ring (bicyclic) bond motifs is 1. The van der Waals surface area contributed by atoms with Crippen molar-refractivity contribution in [2.75, 3.05) is 6.54 Å². The third-order valence-electron chi connectivity index (χ3n) is 4.75. The van der Waals surface area contributed by atoms with Gasteiger partial charge in [-0.1, -0.05) is 29.8 Å². The van der Waals surface area contributed by atoms with Crippen molar-refractivity contribution in [3.05, 3.63) is 65.1 Å². The number of carbonyl (C=O) groups is 1. The van der Waals surface area contributed by atoms with Crippen molar-refractivity contribution in [2.24, 2.45) is 0 Å². The van der Waals surface area contributed by atoms with Crippen LogP contribution in [0.15, 0.2) is 48.7 Å². The number of hydrogen-bond donors (Lipinski definition) is 0. The predicted octanol–water partition coefficient (Wildman–Crippen LogP) is 3.68. The van der Waals surface area contributed by atoms with Crippen LogP contribution in [0, 0.1) is 0 Å². The summed E-state index contributed by atoms with van der Waals surface area (Å²) in [5.74, 6) is 1.03. The fourth-order valence-corrected chi connectivity index (χ4v) is 3.59. The summed E-state index contributed by atoms with van der Waals surface area (Å²) in [7, 11) is 0. The highest BCUT2D eigenvalue weighted by Crippen LogP contribution is 2.31. The molecule has 6 heteroatoms. The molecule has 2 aromatic heterocycles. The van der Waals surface area contributed by atoms with E-state index in [1.165, 1.54) is 0 Å². The Morgan fingerprint density at radius 2 is 2.00 bits per heavy atom. The van der Waals surface area contributed by atoms with Gasteiger partial charge >= 0.3 is 0 Å². The van der Waals surface area contributed by atoms with Gasteiger partial charge in [0.25, 0.3) is 0 Å². The molecular weight excluding hydrogens is 336 g/mol. The minimum absolute atomic E-state index is 0.00937. The number of rotatable bonds is 4. The highest BCUT2D eigenvalue weighted by atomic mass is 35.5. The van der Waals surface area contributed by atoms with Crippen LogP contribution in [-0.4, -0.2) is 31.9 Å². The van der Waals surface area contributed by atoms with E-state index in [1.54, 1.807) is 0 Å². The molecule has 1 atom stereocenters. The van der Waals surface area contributed by atoms with Crippen LogP contribution in [0.25, 0.3) is 5.65 Å². The lowest BCUT2D eigenvalue weighted by molar-refractivity contribution is -0.132. The first kappa shape index (κ1) is 16.1. The minimum Gasteiger partial charge on any atom is -0.332 e. The first-order valence-electron chi connectivity index (χ1n) is 8.56. The van der Waals surface area contributed by atoms with E-state index in [0.29, 0.717) is 11.4 Å². The van der Waals surface area contributed by atoms with Crippen molar-refractivity contribution >= 4 is 23.2 Å². The number of halogens is 1. The summed E-state index contributed by atoms with van der Waals surface area (Å²) >= 11 is 5.91. The van der Waals surface area contributed by atoms with Crippen LogP contribution in [0.4, 0.5) is 0 Å². The van der Waals surface area contributed by atoms with Crippen LogP contribution in [0.5, 0.6) is 0 Å². The number of hydrogen-bond acceptors (Lipinski definition) is 3. The Kier molecular flexibility index (Phi) is 4.40. The Morgan fingerprint density at radius 3 is 2.84 bits per heavy atom. The summed E-state index contributed by atoms with van der Waals surface area (Å²) in [5, 5.41) is 9.28. The number of carbonyl (C=O) groups excluding carboxylic acids is 1. The van der Waals surface area contributed by atoms with Crippen LogP contribution in [0.2, 0.25) is 5.02 Å². The van der Waals surface area contributed by atoms with Gasteiger partial charge in [-0.15, -0.1) is 10.2 Å². The molecule has 128 valence electrons. The van der Waals surface area contributed by atoms with E-state index in [9.17, 15) is 4.79 Å². The third kappa shape index (κ3) is 3.24. The Balaban J connectivity index is 1.49. The molecule has 1 fully saturated rings. The molecule has 4 rings (SSSR count). The molecule has 1 aliphatic rings. The largest absolute Gasteiger partial charge is 0.332 e. The van der Waals surface area contributed by atoms with E-state index in [1.807, 2.05) is 58.0 Å². The molecular formula is C19H19ClN4O. The Labute approximate surface area is 151 Å². The molecule has 1 aromatic carbocycles. The third-order valence-corrected chi connectivity index (χ3v) is 5.00. The summed E-state index contributed by atoms with van der Waals surface area (Å²) in [6, 6.07) is 13.5. The van der Waals surface area contributed by atoms with Gasteiger partial charge in [-0.25, -0.2) is 0 Å². The highest BCUT2D eigenvalue weighted by molar-refractivity contribution is 6.30. The molecule has 3 aromatic rings. The zero-order valence-corrected chi connectivity index (χ0v) is 14.6. The Bertz CT molecular complexity index is 890. The van der Waals surface area contributed by atoms with Gasteiger partial charge in [0, 0.05) is 24.2 Å². The van der Waals surface area contributed by atoms with Gasteiger partial charge in [0.05, 0.1) is 6.04 Å². The first-order chi connectivity index (χ1) is 12.2. The number of likely N-dealkylation sites (tertiary alicyclic amines) is 1. The number of aromatic nitrogens is 3. The first-order valence-corrected chi connectivity index (χ1v) is 8.94. The molecule has 25 heavy (non-hydrogen) atoms. The molecule has 1 amide bonds. The molecule has 1 saturated heterocycles. The van der Waals surface area contributed by atoms with Crippen LogP contribution >= 0.6 is 11.6 Å². The molecule has 5 nitrogen and oxygen atoms in total. The second kappa shape index (κ2) is 6.84. The summed E-state index contributed by atoms with van der Waals surface area (Å²) in [6.45, 7) is 0.784. The number of benzene rings is 1. The molecule has 3 heterocycles. The molecule has 1 aliphatic heterocycles. The molecule has 0 saturated carbocycles. The average Bonchev–Trinajstić information content (AvgIpc) is 3.27. The number of aryl methyl sites for hydroxylation is 1. The molecule has 0 N–H and O–H groups in total. The van der Waals surface area contributed by atoms with Crippen LogP contribution in [0.1, 0.15) is 36.7 Å². The van der Waals surface area contributed by atoms with Gasteiger partial charge < -0.3 is 4.90 Å². The van der Waals surface area contributed by atoms with Crippen LogP contribution in [-0.2, 0) is 11.2 Å². The quantitative estimate of drug-likeness (QED) is 0.718. The SMILES string of the molecule is O=C(CCc1ccc(Cl)cc1)N1CCCC1c1nnc2ccccn12. The summed E-state index contributed by atoms with van der Waals surface area (Å²) < 4.78 is 1.98. The topological polar surface area (TPSA) is 50.5 Å². The lowest BCUT2D eigenvalue weighted by Crippen LogP contribution is -2.31. The Hall–Kier alpha value is -2.40. The average molecular weight is 355 g/mol. The summed E-state index contributed by atoms with van der Waals surface area (Å²) in [4.78, 5) is 14.7. The minimum atomic E-state index is 0.00937. The maximum atomic E-state index is 12.8. The van der Waals surface area contributed by atoms with Gasteiger partial charge in [-0.05, 0) is 49.1 Å². The normalized spacial score (nSPS) is 17.3. The van der Waals surface area contributed by atoms with Crippen molar-refractivity contribution in [2.45, 2.75) is 31.7 Å². The van der Waals surface area contributed by atoms with Crippen LogP contribution in [0.3, 0.4) is 0 Å². The zero-order chi connectivity index (χ0) is 17.2. The lowest BCUT2D eigenvalue weighted by atomic mass is 10.1. The van der Waals surface area contributed by atoms with E-state index in [4.69, 9.17) is 11.6 Å². The van der Waals surface area contributed by atoms with Crippen molar-refractivity contribution in [1.29, 1.82) is 0 Å². The number of nitrogens with zero attached hydrogens (tertiary/aromatic N) is 4. The summed E-state index contributed by atoms with van der Waals surface area (Å²) in [6.07, 6.45) is 5.11. The maximum Gasteiger partial charge on any atom is 0.223 e. The van der Waals surface area contributed by atoms with E-state index in [2.05, 4.69) is 10.2 Å². The molecule has 0 spiro atoms. The molecule has 0 radical (unpaired) electrons. The standard InChI is InChI=1S/C19H19ClN4O/c20-15-9-6-14(7-10-15)8-11-18(25)23-13-3-4-16(23)19-22-21-17-5-1-2-12-24(17)19/h1-2,5-7,9-10,12,16H,3-4,8,11,13H2. The van der Waals surface area contributed by atoms with Gasteiger partial charge in [0.2, 0.25) is 5.91 Å². The predicted molar refractivity (Wildman–Crippen MR) is 96.4 cm³/mol. The lowest BCUT2D eigenvalue weighted by Gasteiger charge is -2.23. The van der Waals surface area contributed by atoms with Gasteiger partial charge in [-0.3, -0.25) is 9.20 Å². The highest BCUT2D eigenvalue weighted by Gasteiger charge is 2.32. The molecule has 1 unspecified atom stereocenters. The van der Waals surface area contributed by atoms with Gasteiger partial charge in [0.1, 0.15) is 0 Å². The van der Waals surface area contributed by atoms with Crippen molar-refractivity contribution in [1.82, 2.24) is 19.5 Å². The van der Waals surface area contributed by atoms with Gasteiger partial charge in [-0.2, -0.15) is 0 Å². The maximum absolute atomic E-state index is 12.8. The van der Waals surface area contributed by atoms with E-state index >= 15 is 0 Å². The van der Waals surface area contributed by atoms with Crippen molar-refractivity contribution in [3.63, 3.8) is 0 Å². The Morgan fingerprint density at radius 1 is 1.16 bits per heavy atom. The molecule has 0 bridgehead atoms. The number of pyridine rings is 1. The fraction of sp³-hybridized carbons (Fsp3) is 0.316. The zero-order valence-electron chi connectivity index (χ0n) is 13.8. The van der Waals surface area contributed by atoms with E-state index < -0.39 is 0 Å². The van der Waals surface area contributed by atoms with Gasteiger partial charge in [0.15, 0.2) is 11.5 Å². The fourth-order valence-electron chi connectivity index (χ4n) is 3.47. The van der Waals surface area contributed by atoms with Crippen molar-refractivity contribution in [3.8, 4) is 0 Å².